The molecule has 0 radical (unpaired) electrons. The topological polar surface area (TPSA) is 89.7 Å². The zero-order chi connectivity index (χ0) is 14.9. The fourth-order valence-electron chi connectivity index (χ4n) is 2.25. The fourth-order valence-corrected chi connectivity index (χ4v) is 4.01. The normalized spacial score (nSPS) is 22.6. The molecule has 0 amide bonds. The lowest BCUT2D eigenvalue weighted by molar-refractivity contribution is 0.0596. The molecular formula is C13H19ClN2O4S. The molecule has 6 nitrogen and oxygen atoms in total. The highest BCUT2D eigenvalue weighted by Crippen LogP contribution is 2.26. The van der Waals surface area contributed by atoms with Crippen LogP contribution in [0.3, 0.4) is 0 Å². The lowest BCUT2D eigenvalue weighted by Gasteiger charge is -2.17. The van der Waals surface area contributed by atoms with Gasteiger partial charge in [0.2, 0.25) is 10.0 Å². The number of halogens is 1. The van der Waals surface area contributed by atoms with Gasteiger partial charge in [-0.2, -0.15) is 4.31 Å². The summed E-state index contributed by atoms with van der Waals surface area (Å²) in [6.45, 7) is 2.53. The van der Waals surface area contributed by atoms with Crippen LogP contribution in [0.4, 0.5) is 0 Å². The minimum absolute atomic E-state index is 0. The van der Waals surface area contributed by atoms with Crippen LogP contribution >= 0.6 is 12.4 Å². The third-order valence-corrected chi connectivity index (χ3v) is 5.44. The summed E-state index contributed by atoms with van der Waals surface area (Å²) in [5, 5.41) is 0. The fraction of sp³-hybridized carbons (Fsp3) is 0.462. The van der Waals surface area contributed by atoms with Crippen LogP contribution in [0.25, 0.3) is 0 Å². The number of esters is 1. The molecule has 1 saturated heterocycles. The van der Waals surface area contributed by atoms with Gasteiger partial charge in [-0.1, -0.05) is 19.1 Å². The first kappa shape index (κ1) is 17.9. The Morgan fingerprint density at radius 2 is 1.95 bits per heavy atom. The highest BCUT2D eigenvalue weighted by molar-refractivity contribution is 7.89. The van der Waals surface area contributed by atoms with Gasteiger partial charge in [-0.25, -0.2) is 13.2 Å². The smallest absolute Gasteiger partial charge is 0.339 e. The van der Waals surface area contributed by atoms with Gasteiger partial charge in [-0.05, 0) is 18.1 Å². The monoisotopic (exact) mass is 334 g/mol. The summed E-state index contributed by atoms with van der Waals surface area (Å²) < 4.78 is 31.2. The number of rotatable bonds is 3. The van der Waals surface area contributed by atoms with Gasteiger partial charge in [0, 0.05) is 19.1 Å². The number of ether oxygens (including phenoxy) is 1. The molecule has 0 spiro atoms. The zero-order valence-corrected chi connectivity index (χ0v) is 13.5. The van der Waals surface area contributed by atoms with Crippen LogP contribution in [0.1, 0.15) is 17.3 Å². The van der Waals surface area contributed by atoms with Crippen molar-refractivity contribution < 1.29 is 17.9 Å². The molecule has 2 atom stereocenters. The van der Waals surface area contributed by atoms with Crippen molar-refractivity contribution in [1.82, 2.24) is 4.31 Å². The number of benzene rings is 1. The summed E-state index contributed by atoms with van der Waals surface area (Å²) in [5.41, 5.74) is 5.91. The van der Waals surface area contributed by atoms with Crippen molar-refractivity contribution >= 4 is 28.4 Å². The van der Waals surface area contributed by atoms with Crippen LogP contribution in [-0.4, -0.2) is 44.9 Å². The van der Waals surface area contributed by atoms with Crippen molar-refractivity contribution in [2.45, 2.75) is 17.9 Å². The second-order valence-electron chi connectivity index (χ2n) is 4.95. The van der Waals surface area contributed by atoms with Crippen LogP contribution in [0, 0.1) is 5.92 Å². The minimum atomic E-state index is -3.74. The summed E-state index contributed by atoms with van der Waals surface area (Å²) >= 11 is 0. The molecule has 0 saturated carbocycles. The van der Waals surface area contributed by atoms with Gasteiger partial charge >= 0.3 is 5.97 Å². The standard InChI is InChI=1S/C13H18N2O4S.ClH/c1-9-7-15(8-11(9)14)20(17,18)12-6-4-3-5-10(12)13(16)19-2;/h3-6,9,11H,7-8,14H2,1-2H3;1H. The Morgan fingerprint density at radius 1 is 1.33 bits per heavy atom. The molecule has 2 rings (SSSR count). The van der Waals surface area contributed by atoms with Gasteiger partial charge in [-0.15, -0.1) is 12.4 Å². The van der Waals surface area contributed by atoms with Crippen molar-refractivity contribution in [3.05, 3.63) is 29.8 Å². The van der Waals surface area contributed by atoms with Crippen molar-refractivity contribution in [3.63, 3.8) is 0 Å². The maximum absolute atomic E-state index is 12.6. The summed E-state index contributed by atoms with van der Waals surface area (Å²) in [4.78, 5) is 11.7. The van der Waals surface area contributed by atoms with E-state index in [-0.39, 0.29) is 41.4 Å². The molecule has 1 aromatic carbocycles. The Bertz CT molecular complexity index is 610. The molecule has 1 heterocycles. The van der Waals surface area contributed by atoms with Gasteiger partial charge in [0.25, 0.3) is 0 Å². The van der Waals surface area contributed by atoms with Gasteiger partial charge < -0.3 is 10.5 Å². The van der Waals surface area contributed by atoms with E-state index in [0.717, 1.165) is 0 Å². The molecule has 0 aromatic heterocycles. The predicted octanol–water partition coefficient (Wildman–Crippen LogP) is 0.863. The average Bonchev–Trinajstić information content (AvgIpc) is 2.78. The van der Waals surface area contributed by atoms with Crippen molar-refractivity contribution in [2.24, 2.45) is 11.7 Å². The first-order valence-electron chi connectivity index (χ1n) is 6.31. The predicted molar refractivity (Wildman–Crippen MR) is 80.9 cm³/mol. The van der Waals surface area contributed by atoms with E-state index in [1.165, 1.54) is 23.5 Å². The minimum Gasteiger partial charge on any atom is -0.465 e. The molecule has 2 unspecified atom stereocenters. The highest BCUT2D eigenvalue weighted by atomic mass is 35.5. The molecule has 0 aliphatic carbocycles. The number of carbonyl (C=O) groups is 1. The number of carbonyl (C=O) groups excluding carboxylic acids is 1. The van der Waals surface area contributed by atoms with Gasteiger partial charge in [0.05, 0.1) is 17.6 Å². The second-order valence-corrected chi connectivity index (χ2v) is 6.86. The number of nitrogens with two attached hydrogens (primary N) is 1. The lowest BCUT2D eigenvalue weighted by Crippen LogP contribution is -2.33. The summed E-state index contributed by atoms with van der Waals surface area (Å²) in [6.07, 6.45) is 0. The molecule has 1 aliphatic rings. The summed E-state index contributed by atoms with van der Waals surface area (Å²) in [7, 11) is -2.52. The maximum Gasteiger partial charge on any atom is 0.339 e. The Morgan fingerprint density at radius 3 is 2.48 bits per heavy atom. The van der Waals surface area contributed by atoms with E-state index in [1.807, 2.05) is 6.92 Å². The van der Waals surface area contributed by atoms with E-state index < -0.39 is 16.0 Å². The van der Waals surface area contributed by atoms with Crippen LogP contribution in [0.5, 0.6) is 0 Å². The molecule has 1 fully saturated rings. The van der Waals surface area contributed by atoms with Gasteiger partial charge in [-0.3, -0.25) is 0 Å². The molecule has 8 heteroatoms. The third kappa shape index (κ3) is 3.37. The lowest BCUT2D eigenvalue weighted by atomic mass is 10.1. The van der Waals surface area contributed by atoms with E-state index in [1.54, 1.807) is 12.1 Å². The molecule has 21 heavy (non-hydrogen) atoms. The van der Waals surface area contributed by atoms with E-state index >= 15 is 0 Å². The Labute approximate surface area is 130 Å². The van der Waals surface area contributed by atoms with E-state index in [4.69, 9.17) is 5.73 Å². The summed E-state index contributed by atoms with van der Waals surface area (Å²) in [6, 6.07) is 5.85. The number of hydrogen-bond donors (Lipinski definition) is 1. The maximum atomic E-state index is 12.6. The molecule has 118 valence electrons. The van der Waals surface area contributed by atoms with Crippen molar-refractivity contribution in [1.29, 1.82) is 0 Å². The van der Waals surface area contributed by atoms with Crippen molar-refractivity contribution in [3.8, 4) is 0 Å². The largest absolute Gasteiger partial charge is 0.465 e. The molecule has 2 N–H and O–H groups in total. The highest BCUT2D eigenvalue weighted by Gasteiger charge is 2.37. The Kier molecular flexibility index (Phi) is 5.75. The second kappa shape index (κ2) is 6.74. The van der Waals surface area contributed by atoms with E-state index in [2.05, 4.69) is 4.74 Å². The van der Waals surface area contributed by atoms with Crippen molar-refractivity contribution in [2.75, 3.05) is 20.2 Å². The van der Waals surface area contributed by atoms with Crippen LogP contribution in [0.2, 0.25) is 0 Å². The van der Waals surface area contributed by atoms with E-state index in [9.17, 15) is 13.2 Å². The number of methoxy groups -OCH3 is 1. The molecular weight excluding hydrogens is 316 g/mol. The SMILES string of the molecule is COC(=O)c1ccccc1S(=O)(=O)N1CC(C)C(N)C1.Cl. The first-order chi connectivity index (χ1) is 9.37. The third-order valence-electron chi connectivity index (χ3n) is 3.55. The quantitative estimate of drug-likeness (QED) is 0.828. The number of hydrogen-bond acceptors (Lipinski definition) is 5. The number of nitrogens with zero attached hydrogens (tertiary/aromatic N) is 1. The zero-order valence-electron chi connectivity index (χ0n) is 11.9. The molecule has 1 aromatic rings. The van der Waals surface area contributed by atoms with Crippen LogP contribution < -0.4 is 5.73 Å². The Balaban J connectivity index is 0.00000220. The van der Waals surface area contributed by atoms with Crippen LogP contribution in [-0.2, 0) is 14.8 Å². The average molecular weight is 335 g/mol. The van der Waals surface area contributed by atoms with Gasteiger partial charge in [0.1, 0.15) is 0 Å². The first-order valence-corrected chi connectivity index (χ1v) is 7.75. The number of sulfonamides is 1. The summed E-state index contributed by atoms with van der Waals surface area (Å²) in [5.74, 6) is -0.573. The van der Waals surface area contributed by atoms with Crippen LogP contribution in [0.15, 0.2) is 29.2 Å². The molecule has 0 bridgehead atoms. The Hall–Kier alpha value is -1.15. The van der Waals surface area contributed by atoms with E-state index in [0.29, 0.717) is 6.54 Å². The molecule has 1 aliphatic heterocycles. The van der Waals surface area contributed by atoms with Gasteiger partial charge in [0.15, 0.2) is 0 Å².